The largest absolute Gasteiger partial charge is 0.369 e. The first kappa shape index (κ1) is 23.1. The zero-order valence-electron chi connectivity index (χ0n) is 19.9. The number of hydrogen-bond acceptors (Lipinski definition) is 5. The number of thiophene rings is 1. The van der Waals surface area contributed by atoms with E-state index in [0.29, 0.717) is 0 Å². The number of piperidine rings is 1. The number of aryl methyl sites for hydroxylation is 1. The van der Waals surface area contributed by atoms with E-state index in [0.717, 1.165) is 58.3 Å². The Balaban J connectivity index is 1.44. The first-order chi connectivity index (χ1) is 16.5. The Morgan fingerprint density at radius 3 is 2.71 bits per heavy atom. The van der Waals surface area contributed by atoms with Crippen LogP contribution in [-0.4, -0.2) is 29.6 Å². The Bertz CT molecular complexity index is 1290. The van der Waals surface area contributed by atoms with Gasteiger partial charge in [-0.1, -0.05) is 18.5 Å². The minimum Gasteiger partial charge on any atom is -0.369 e. The summed E-state index contributed by atoms with van der Waals surface area (Å²) >= 11 is 7.83. The van der Waals surface area contributed by atoms with E-state index >= 15 is 0 Å². The maximum Gasteiger partial charge on any atom is 0.231 e. The zero-order valence-corrected chi connectivity index (χ0v) is 21.5. The summed E-state index contributed by atoms with van der Waals surface area (Å²) < 4.78 is 4.82. The molecule has 0 radical (unpaired) electrons. The summed E-state index contributed by atoms with van der Waals surface area (Å²) in [5.41, 5.74) is 6.79. The normalized spacial score (nSPS) is 14.8. The number of nitrogens with one attached hydrogen (secondary N) is 1. The molecule has 8 heteroatoms. The molecule has 0 bridgehead atoms. The van der Waals surface area contributed by atoms with Crippen LogP contribution in [-0.2, 0) is 13.1 Å². The molecule has 1 fully saturated rings. The molecule has 5 heterocycles. The van der Waals surface area contributed by atoms with E-state index in [4.69, 9.17) is 21.4 Å². The molecule has 5 rings (SSSR count). The molecule has 178 valence electrons. The second kappa shape index (κ2) is 9.94. The van der Waals surface area contributed by atoms with Crippen molar-refractivity contribution >= 4 is 34.3 Å². The molecule has 6 nitrogen and oxygen atoms in total. The standard InChI is InChI=1S/C26H31ClN5OS/c1-18-8-10-30(11-9-18)22-12-21(14-28-13-20-5-4-19(2)32(17-20)33-3)16-31-23(15-29-26(22)31)24-6-7-25(27)34-24/h4-7,12,15-18,28H,8-11,13-14H2,1-3H3/q+1. The van der Waals surface area contributed by atoms with Gasteiger partial charge in [-0.25, -0.2) is 4.98 Å². The lowest BCUT2D eigenvalue weighted by molar-refractivity contribution is -0.889. The number of fused-ring (bicyclic) bond motifs is 1. The number of anilines is 1. The van der Waals surface area contributed by atoms with Crippen LogP contribution in [0.15, 0.2) is 48.9 Å². The van der Waals surface area contributed by atoms with E-state index in [-0.39, 0.29) is 0 Å². The summed E-state index contributed by atoms with van der Waals surface area (Å²) in [5, 5.41) is 3.61. The third kappa shape index (κ3) is 4.78. The van der Waals surface area contributed by atoms with Gasteiger partial charge in [0.25, 0.3) is 0 Å². The van der Waals surface area contributed by atoms with Gasteiger partial charge in [0.1, 0.15) is 7.11 Å². The molecule has 1 aliphatic rings. The molecule has 1 saturated heterocycles. The molecule has 0 atom stereocenters. The Labute approximate surface area is 209 Å². The van der Waals surface area contributed by atoms with E-state index in [1.54, 1.807) is 23.2 Å². The highest BCUT2D eigenvalue weighted by Gasteiger charge is 2.21. The average Bonchev–Trinajstić information content (AvgIpc) is 3.46. The molecule has 0 saturated carbocycles. The fraction of sp³-hybridized carbons (Fsp3) is 0.385. The van der Waals surface area contributed by atoms with Crippen molar-refractivity contribution in [3.8, 4) is 10.6 Å². The first-order valence-corrected chi connectivity index (χ1v) is 13.0. The van der Waals surface area contributed by atoms with Crippen molar-refractivity contribution in [2.75, 3.05) is 25.1 Å². The average molecular weight is 497 g/mol. The molecule has 4 aromatic rings. The van der Waals surface area contributed by atoms with Crippen LogP contribution in [0.2, 0.25) is 4.34 Å². The van der Waals surface area contributed by atoms with E-state index in [1.165, 1.54) is 29.7 Å². The van der Waals surface area contributed by atoms with Crippen molar-refractivity contribution in [2.24, 2.45) is 5.92 Å². The van der Waals surface area contributed by atoms with Gasteiger partial charge >= 0.3 is 0 Å². The molecule has 1 aliphatic heterocycles. The SMILES string of the molecule is CO[n+]1cc(CNCc2cc(N3CCC(C)CC3)c3ncc(-c4ccc(Cl)s4)n3c2)ccc1C. The Hall–Kier alpha value is -2.61. The lowest BCUT2D eigenvalue weighted by atomic mass is 9.99. The number of aromatic nitrogens is 3. The second-order valence-corrected chi connectivity index (χ2v) is 10.8. The van der Waals surface area contributed by atoms with Crippen molar-refractivity contribution in [3.63, 3.8) is 0 Å². The number of imidazole rings is 1. The fourth-order valence-electron chi connectivity index (χ4n) is 4.59. The predicted octanol–water partition coefficient (Wildman–Crippen LogP) is 4.90. The summed E-state index contributed by atoms with van der Waals surface area (Å²) in [6, 6.07) is 10.5. The zero-order chi connectivity index (χ0) is 23.7. The summed E-state index contributed by atoms with van der Waals surface area (Å²) in [6.07, 6.45) is 8.64. The van der Waals surface area contributed by atoms with E-state index < -0.39 is 0 Å². The Morgan fingerprint density at radius 1 is 1.18 bits per heavy atom. The van der Waals surface area contributed by atoms with Gasteiger partial charge in [-0.2, -0.15) is 0 Å². The van der Waals surface area contributed by atoms with Crippen LogP contribution in [0.5, 0.6) is 0 Å². The van der Waals surface area contributed by atoms with Gasteiger partial charge < -0.3 is 10.2 Å². The van der Waals surface area contributed by atoms with Crippen LogP contribution in [0.4, 0.5) is 5.69 Å². The highest BCUT2D eigenvalue weighted by molar-refractivity contribution is 7.19. The topological polar surface area (TPSA) is 45.7 Å². The summed E-state index contributed by atoms with van der Waals surface area (Å²) in [6.45, 7) is 8.04. The van der Waals surface area contributed by atoms with Gasteiger partial charge in [0.2, 0.25) is 11.9 Å². The number of halogens is 1. The van der Waals surface area contributed by atoms with Crippen molar-refractivity contribution < 1.29 is 9.57 Å². The maximum absolute atomic E-state index is 6.24. The van der Waals surface area contributed by atoms with E-state index in [2.05, 4.69) is 52.0 Å². The Kier molecular flexibility index (Phi) is 6.77. The molecule has 34 heavy (non-hydrogen) atoms. The third-order valence-corrected chi connectivity index (χ3v) is 7.87. The fourth-order valence-corrected chi connectivity index (χ4v) is 5.64. The summed E-state index contributed by atoms with van der Waals surface area (Å²) in [4.78, 5) is 13.9. The van der Waals surface area contributed by atoms with Crippen LogP contribution in [0, 0.1) is 12.8 Å². The van der Waals surface area contributed by atoms with Crippen molar-refractivity contribution in [1.82, 2.24) is 14.7 Å². The molecule has 1 N–H and O–H groups in total. The highest BCUT2D eigenvalue weighted by atomic mass is 35.5. The molecular weight excluding hydrogens is 466 g/mol. The van der Waals surface area contributed by atoms with E-state index in [1.807, 2.05) is 25.4 Å². The lowest BCUT2D eigenvalue weighted by Crippen LogP contribution is -2.43. The maximum atomic E-state index is 6.24. The van der Waals surface area contributed by atoms with Gasteiger partial charge in [-0.15, -0.1) is 11.3 Å². The third-order valence-electron chi connectivity index (χ3n) is 6.62. The highest BCUT2D eigenvalue weighted by Crippen LogP contribution is 2.34. The molecule has 0 spiro atoms. The van der Waals surface area contributed by atoms with Gasteiger partial charge in [-0.3, -0.25) is 9.24 Å². The quantitative estimate of drug-likeness (QED) is 0.370. The summed E-state index contributed by atoms with van der Waals surface area (Å²) in [7, 11) is 1.69. The molecule has 0 aromatic carbocycles. The van der Waals surface area contributed by atoms with Crippen LogP contribution < -0.4 is 19.8 Å². The molecular formula is C26H31ClN5OS+. The van der Waals surface area contributed by atoms with Gasteiger partial charge in [0.15, 0.2) is 5.65 Å². The van der Waals surface area contributed by atoms with Gasteiger partial charge in [-0.05, 0) is 48.6 Å². The van der Waals surface area contributed by atoms with Crippen molar-refractivity contribution in [3.05, 3.63) is 70.1 Å². The van der Waals surface area contributed by atoms with Crippen LogP contribution in [0.1, 0.15) is 36.6 Å². The van der Waals surface area contributed by atoms with E-state index in [9.17, 15) is 0 Å². The van der Waals surface area contributed by atoms with Crippen LogP contribution in [0.3, 0.4) is 0 Å². The predicted molar refractivity (Wildman–Crippen MR) is 139 cm³/mol. The van der Waals surface area contributed by atoms with Crippen molar-refractivity contribution in [1.29, 1.82) is 0 Å². The first-order valence-electron chi connectivity index (χ1n) is 11.8. The smallest absolute Gasteiger partial charge is 0.231 e. The van der Waals surface area contributed by atoms with Crippen LogP contribution >= 0.6 is 22.9 Å². The number of nitrogens with zero attached hydrogens (tertiary/aromatic N) is 4. The number of rotatable bonds is 7. The number of hydrogen-bond donors (Lipinski definition) is 1. The minimum absolute atomic E-state index is 0.759. The molecule has 0 aliphatic carbocycles. The second-order valence-electron chi connectivity index (χ2n) is 9.13. The molecule has 4 aromatic heterocycles. The van der Waals surface area contributed by atoms with Gasteiger partial charge in [0, 0.05) is 55.7 Å². The van der Waals surface area contributed by atoms with Crippen molar-refractivity contribution in [2.45, 2.75) is 39.8 Å². The molecule has 0 amide bonds. The summed E-state index contributed by atoms with van der Waals surface area (Å²) in [5.74, 6) is 0.782. The Morgan fingerprint density at radius 2 is 1.97 bits per heavy atom. The molecule has 0 unspecified atom stereocenters. The van der Waals surface area contributed by atoms with Crippen LogP contribution in [0.25, 0.3) is 16.2 Å². The monoisotopic (exact) mass is 496 g/mol. The van der Waals surface area contributed by atoms with Gasteiger partial charge in [0.05, 0.1) is 26.8 Å². The number of pyridine rings is 2. The lowest BCUT2D eigenvalue weighted by Gasteiger charge is -2.32. The minimum atomic E-state index is 0.759.